The highest BCUT2D eigenvalue weighted by Crippen LogP contribution is 2.34. The summed E-state index contributed by atoms with van der Waals surface area (Å²) in [5.41, 5.74) is 0.362. The van der Waals surface area contributed by atoms with E-state index >= 15 is 0 Å². The summed E-state index contributed by atoms with van der Waals surface area (Å²) in [5, 5.41) is 0. The lowest BCUT2D eigenvalue weighted by Crippen LogP contribution is -2.47. The van der Waals surface area contributed by atoms with Crippen LogP contribution in [0.25, 0.3) is 0 Å². The van der Waals surface area contributed by atoms with Gasteiger partial charge in [0, 0.05) is 25.6 Å². The molecule has 1 aliphatic heterocycles. The highest BCUT2D eigenvalue weighted by molar-refractivity contribution is 5.92. The smallest absolute Gasteiger partial charge is 0.270 e. The fourth-order valence-corrected chi connectivity index (χ4v) is 3.85. The lowest BCUT2D eigenvalue weighted by atomic mass is 9.81. The molecule has 1 saturated heterocycles. The number of oxazole rings is 1. The molecule has 1 aliphatic rings. The molecule has 29 heavy (non-hydrogen) atoms. The van der Waals surface area contributed by atoms with Crippen molar-refractivity contribution in [3.05, 3.63) is 87.7 Å². The summed E-state index contributed by atoms with van der Waals surface area (Å²) < 4.78 is 19.4. The van der Waals surface area contributed by atoms with Crippen molar-refractivity contribution in [3.63, 3.8) is 0 Å². The maximum absolute atomic E-state index is 13.4. The molecule has 0 spiro atoms. The number of halogens is 1. The molecule has 1 amide bonds. The molecular formula is C22H22FN3O3. The number of pyridine rings is 1. The van der Waals surface area contributed by atoms with Crippen molar-refractivity contribution in [1.82, 2.24) is 14.9 Å². The Morgan fingerprint density at radius 2 is 2.14 bits per heavy atom. The van der Waals surface area contributed by atoms with Gasteiger partial charge in [0.15, 0.2) is 0 Å². The normalized spacial score (nSPS) is 19.3. The molecule has 3 aromatic rings. The van der Waals surface area contributed by atoms with E-state index in [1.807, 2.05) is 13.0 Å². The van der Waals surface area contributed by atoms with E-state index in [2.05, 4.69) is 9.97 Å². The van der Waals surface area contributed by atoms with Crippen molar-refractivity contribution in [2.75, 3.05) is 13.1 Å². The van der Waals surface area contributed by atoms with Crippen LogP contribution in [-0.4, -0.2) is 33.9 Å². The number of amides is 1. The van der Waals surface area contributed by atoms with Crippen LogP contribution in [0.3, 0.4) is 0 Å². The number of H-pyrrole nitrogens is 1. The zero-order valence-electron chi connectivity index (χ0n) is 16.2. The first-order chi connectivity index (χ1) is 13.9. The molecule has 7 heteroatoms. The molecule has 0 radical (unpaired) electrons. The van der Waals surface area contributed by atoms with Crippen LogP contribution in [0.2, 0.25) is 0 Å². The molecule has 1 N–H and O–H groups in total. The van der Waals surface area contributed by atoms with Gasteiger partial charge in [-0.05, 0) is 43.5 Å². The van der Waals surface area contributed by atoms with Gasteiger partial charge in [-0.3, -0.25) is 9.59 Å². The Morgan fingerprint density at radius 1 is 1.31 bits per heavy atom. The molecule has 0 aliphatic carbocycles. The standard InChI is InChI=1S/C22H22FN3O3/c1-22(21-24-13-17(29-21)12-15-5-2-6-16(23)11-15)9-4-10-26(14-22)20(28)18-7-3-8-19(27)25-18/h2-3,5-8,11,13H,4,9-10,12,14H2,1H3,(H,25,27)/t22-/m0/s1. The number of hydrogen-bond donors (Lipinski definition) is 1. The van der Waals surface area contributed by atoms with Gasteiger partial charge in [-0.15, -0.1) is 0 Å². The van der Waals surface area contributed by atoms with Crippen LogP contribution in [0.15, 0.2) is 57.9 Å². The largest absolute Gasteiger partial charge is 0.445 e. The number of nitrogens with one attached hydrogen (secondary N) is 1. The predicted octanol–water partition coefficient (Wildman–Crippen LogP) is 3.29. The third kappa shape index (κ3) is 4.13. The Labute approximate surface area is 167 Å². The number of aromatic amines is 1. The molecule has 0 unspecified atom stereocenters. The molecule has 150 valence electrons. The lowest BCUT2D eigenvalue weighted by molar-refractivity contribution is 0.0620. The quantitative estimate of drug-likeness (QED) is 0.735. The first kappa shape index (κ1) is 19.1. The van der Waals surface area contributed by atoms with Gasteiger partial charge < -0.3 is 14.3 Å². The third-order valence-corrected chi connectivity index (χ3v) is 5.32. The number of likely N-dealkylation sites (tertiary alicyclic amines) is 1. The molecule has 2 aromatic heterocycles. The van der Waals surface area contributed by atoms with E-state index in [0.29, 0.717) is 31.2 Å². The van der Waals surface area contributed by atoms with Gasteiger partial charge in [-0.25, -0.2) is 9.37 Å². The Kier molecular flexibility index (Phi) is 5.05. The fraction of sp³-hybridized carbons (Fsp3) is 0.318. The van der Waals surface area contributed by atoms with E-state index in [9.17, 15) is 14.0 Å². The first-order valence-electron chi connectivity index (χ1n) is 9.61. The molecule has 0 saturated carbocycles. The van der Waals surface area contributed by atoms with Crippen molar-refractivity contribution in [3.8, 4) is 0 Å². The first-order valence-corrected chi connectivity index (χ1v) is 9.61. The molecule has 6 nitrogen and oxygen atoms in total. The van der Waals surface area contributed by atoms with E-state index < -0.39 is 5.41 Å². The summed E-state index contributed by atoms with van der Waals surface area (Å²) in [5.74, 6) is 0.736. The van der Waals surface area contributed by atoms with Crippen LogP contribution in [0.1, 0.15) is 47.5 Å². The van der Waals surface area contributed by atoms with Crippen molar-refractivity contribution in [2.24, 2.45) is 0 Å². The van der Waals surface area contributed by atoms with Gasteiger partial charge in [-0.1, -0.05) is 18.2 Å². The second-order valence-corrected chi connectivity index (χ2v) is 7.76. The minimum absolute atomic E-state index is 0.208. The number of rotatable bonds is 4. The van der Waals surface area contributed by atoms with Crippen LogP contribution in [0, 0.1) is 5.82 Å². The molecule has 4 rings (SSSR count). The average molecular weight is 395 g/mol. The highest BCUT2D eigenvalue weighted by atomic mass is 19.1. The summed E-state index contributed by atoms with van der Waals surface area (Å²) in [7, 11) is 0. The number of hydrogen-bond acceptors (Lipinski definition) is 4. The van der Waals surface area contributed by atoms with Crippen molar-refractivity contribution >= 4 is 5.91 Å². The Bertz CT molecular complexity index is 1090. The van der Waals surface area contributed by atoms with Gasteiger partial charge in [0.2, 0.25) is 11.4 Å². The fourth-order valence-electron chi connectivity index (χ4n) is 3.85. The van der Waals surface area contributed by atoms with Gasteiger partial charge >= 0.3 is 0 Å². The monoisotopic (exact) mass is 395 g/mol. The van der Waals surface area contributed by atoms with Crippen molar-refractivity contribution < 1.29 is 13.6 Å². The SMILES string of the molecule is C[C@]1(c2ncc(Cc3cccc(F)c3)o2)CCCN(C(=O)c2cccc(=O)[nH]2)C1. The summed E-state index contributed by atoms with van der Waals surface area (Å²) in [6.45, 7) is 3.09. The van der Waals surface area contributed by atoms with E-state index in [1.54, 1.807) is 29.3 Å². The zero-order chi connectivity index (χ0) is 20.4. The van der Waals surface area contributed by atoms with E-state index in [0.717, 1.165) is 18.4 Å². The van der Waals surface area contributed by atoms with Crippen molar-refractivity contribution in [2.45, 2.75) is 31.6 Å². The number of aromatic nitrogens is 2. The van der Waals surface area contributed by atoms with Crippen molar-refractivity contribution in [1.29, 1.82) is 0 Å². The number of benzene rings is 1. The lowest BCUT2D eigenvalue weighted by Gasteiger charge is -2.38. The van der Waals surface area contributed by atoms with Crippen LogP contribution in [0.4, 0.5) is 4.39 Å². The van der Waals surface area contributed by atoms with E-state index in [4.69, 9.17) is 4.42 Å². The second-order valence-electron chi connectivity index (χ2n) is 7.76. The zero-order valence-corrected chi connectivity index (χ0v) is 16.2. The summed E-state index contributed by atoms with van der Waals surface area (Å²) >= 11 is 0. The number of carbonyl (C=O) groups is 1. The Hall–Kier alpha value is -3.22. The summed E-state index contributed by atoms with van der Waals surface area (Å²) in [4.78, 5) is 33.1. The topological polar surface area (TPSA) is 79.2 Å². The minimum atomic E-state index is -0.427. The van der Waals surface area contributed by atoms with Gasteiger partial charge in [0.05, 0.1) is 11.6 Å². The van der Waals surface area contributed by atoms with Crippen LogP contribution >= 0.6 is 0 Å². The maximum Gasteiger partial charge on any atom is 0.270 e. The number of nitrogens with zero attached hydrogens (tertiary/aromatic N) is 2. The summed E-state index contributed by atoms with van der Waals surface area (Å²) in [6.07, 6.45) is 3.76. The van der Waals surface area contributed by atoms with Gasteiger partial charge in [-0.2, -0.15) is 0 Å². The van der Waals surface area contributed by atoms with Crippen LogP contribution in [-0.2, 0) is 11.8 Å². The molecule has 1 atom stereocenters. The van der Waals surface area contributed by atoms with E-state index in [1.165, 1.54) is 18.2 Å². The van der Waals surface area contributed by atoms with Gasteiger partial charge in [0.1, 0.15) is 17.3 Å². The molecule has 0 bridgehead atoms. The van der Waals surface area contributed by atoms with Gasteiger partial charge in [0.25, 0.3) is 5.91 Å². The molecule has 1 aromatic carbocycles. The maximum atomic E-state index is 13.4. The number of piperidine rings is 1. The minimum Gasteiger partial charge on any atom is -0.445 e. The second kappa shape index (κ2) is 7.66. The highest BCUT2D eigenvalue weighted by Gasteiger charge is 2.38. The Balaban J connectivity index is 1.51. The third-order valence-electron chi connectivity index (χ3n) is 5.32. The van der Waals surface area contributed by atoms with Crippen LogP contribution < -0.4 is 5.56 Å². The van der Waals surface area contributed by atoms with E-state index in [-0.39, 0.29) is 23.0 Å². The van der Waals surface area contributed by atoms with Crippen LogP contribution in [0.5, 0.6) is 0 Å². The predicted molar refractivity (Wildman–Crippen MR) is 105 cm³/mol. The summed E-state index contributed by atoms with van der Waals surface area (Å²) in [6, 6.07) is 11.0. The number of carbonyl (C=O) groups excluding carboxylic acids is 1. The molecule has 1 fully saturated rings. The molecular weight excluding hydrogens is 373 g/mol. The Morgan fingerprint density at radius 3 is 2.93 bits per heavy atom. The average Bonchev–Trinajstić information content (AvgIpc) is 3.17. The molecule has 3 heterocycles.